The fraction of sp³-hybridized carbons (Fsp3) is 0.588. The van der Waals surface area contributed by atoms with E-state index in [2.05, 4.69) is 15.5 Å². The van der Waals surface area contributed by atoms with E-state index in [9.17, 15) is 9.18 Å². The first-order chi connectivity index (χ1) is 11.6. The van der Waals surface area contributed by atoms with E-state index in [-0.39, 0.29) is 18.4 Å². The zero-order valence-corrected chi connectivity index (χ0v) is 13.9. The molecule has 0 aromatic heterocycles. The summed E-state index contributed by atoms with van der Waals surface area (Å²) in [5, 5.41) is 6.17. The Kier molecular flexibility index (Phi) is 5.52. The Balaban J connectivity index is 1.45. The fourth-order valence-electron chi connectivity index (χ4n) is 3.47. The summed E-state index contributed by atoms with van der Waals surface area (Å²) in [5.74, 6) is -0.382. The van der Waals surface area contributed by atoms with Gasteiger partial charge >= 0.3 is 6.03 Å². The molecule has 132 valence electrons. The van der Waals surface area contributed by atoms with Gasteiger partial charge in [0.15, 0.2) is 0 Å². The Hall–Kier alpha value is -1.86. The molecule has 2 amide bonds. The standard InChI is InChI=1S/C17H26FN5O/c18-16-11-14(19)2-1-13(16)12-21-17(24)23-7-3-15(4-8-23)22-9-5-20-6-10-22/h1-2,11,15,20H,3-10,12,19H2,(H,21,24). The monoisotopic (exact) mass is 335 g/mol. The van der Waals surface area contributed by atoms with E-state index < -0.39 is 0 Å². The molecule has 2 aliphatic rings. The second-order valence-electron chi connectivity index (χ2n) is 6.51. The van der Waals surface area contributed by atoms with Crippen molar-refractivity contribution in [2.24, 2.45) is 0 Å². The van der Waals surface area contributed by atoms with Crippen molar-refractivity contribution in [3.63, 3.8) is 0 Å². The first-order valence-corrected chi connectivity index (χ1v) is 8.65. The number of amides is 2. The molecule has 0 spiro atoms. The van der Waals surface area contributed by atoms with Crippen LogP contribution in [0.15, 0.2) is 18.2 Å². The predicted molar refractivity (Wildman–Crippen MR) is 92.1 cm³/mol. The van der Waals surface area contributed by atoms with Crippen LogP contribution in [0.2, 0.25) is 0 Å². The lowest BCUT2D eigenvalue weighted by Crippen LogP contribution is -2.53. The van der Waals surface area contributed by atoms with E-state index >= 15 is 0 Å². The summed E-state index contributed by atoms with van der Waals surface area (Å²) >= 11 is 0. The minimum atomic E-state index is -0.382. The largest absolute Gasteiger partial charge is 0.399 e. The summed E-state index contributed by atoms with van der Waals surface area (Å²) in [6, 6.07) is 4.99. The van der Waals surface area contributed by atoms with Gasteiger partial charge in [-0.05, 0) is 25.0 Å². The molecule has 0 aliphatic carbocycles. The molecule has 0 bridgehead atoms. The summed E-state index contributed by atoms with van der Waals surface area (Å²) in [4.78, 5) is 16.6. The van der Waals surface area contributed by atoms with Crippen molar-refractivity contribution in [3.05, 3.63) is 29.6 Å². The average molecular weight is 335 g/mol. The highest BCUT2D eigenvalue weighted by Gasteiger charge is 2.27. The number of urea groups is 1. The number of nitrogens with zero attached hydrogens (tertiary/aromatic N) is 2. The molecule has 7 heteroatoms. The summed E-state index contributed by atoms with van der Waals surface area (Å²) in [6.07, 6.45) is 2.01. The van der Waals surface area contributed by atoms with Gasteiger partial charge in [-0.25, -0.2) is 9.18 Å². The number of nitrogen functional groups attached to an aromatic ring is 1. The van der Waals surface area contributed by atoms with Gasteiger partial charge in [0.25, 0.3) is 0 Å². The second kappa shape index (κ2) is 7.81. The van der Waals surface area contributed by atoms with Crippen molar-refractivity contribution in [3.8, 4) is 0 Å². The van der Waals surface area contributed by atoms with Crippen molar-refractivity contribution in [1.29, 1.82) is 0 Å². The Bertz CT molecular complexity index is 568. The quantitative estimate of drug-likeness (QED) is 0.720. The molecule has 0 radical (unpaired) electrons. The normalized spacial score (nSPS) is 20.1. The van der Waals surface area contributed by atoms with Crippen LogP contribution < -0.4 is 16.4 Å². The Morgan fingerprint density at radius 3 is 2.62 bits per heavy atom. The fourth-order valence-corrected chi connectivity index (χ4v) is 3.47. The molecule has 4 N–H and O–H groups in total. The van der Waals surface area contributed by atoms with Gasteiger partial charge in [0.1, 0.15) is 5.82 Å². The number of carbonyl (C=O) groups is 1. The van der Waals surface area contributed by atoms with Gasteiger partial charge < -0.3 is 21.3 Å². The van der Waals surface area contributed by atoms with Crippen LogP contribution in [0.4, 0.5) is 14.9 Å². The number of piperidine rings is 1. The zero-order chi connectivity index (χ0) is 16.9. The number of hydrogen-bond acceptors (Lipinski definition) is 4. The molecule has 0 atom stereocenters. The molecule has 6 nitrogen and oxygen atoms in total. The number of hydrogen-bond donors (Lipinski definition) is 3. The van der Waals surface area contributed by atoms with Crippen molar-refractivity contribution in [1.82, 2.24) is 20.4 Å². The number of piperazine rings is 1. The van der Waals surface area contributed by atoms with Crippen molar-refractivity contribution in [2.75, 3.05) is 45.0 Å². The Morgan fingerprint density at radius 2 is 1.96 bits per heavy atom. The molecular formula is C17H26FN5O. The average Bonchev–Trinajstić information content (AvgIpc) is 2.62. The van der Waals surface area contributed by atoms with Gasteiger partial charge in [0.05, 0.1) is 0 Å². The maximum Gasteiger partial charge on any atom is 0.317 e. The minimum absolute atomic E-state index is 0.120. The topological polar surface area (TPSA) is 73.6 Å². The van der Waals surface area contributed by atoms with Crippen LogP contribution in [-0.2, 0) is 6.54 Å². The highest BCUT2D eigenvalue weighted by molar-refractivity contribution is 5.74. The molecule has 1 aromatic rings. The molecule has 2 aliphatic heterocycles. The van der Waals surface area contributed by atoms with Crippen molar-refractivity contribution < 1.29 is 9.18 Å². The van der Waals surface area contributed by atoms with Gasteiger partial charge in [-0.2, -0.15) is 0 Å². The van der Waals surface area contributed by atoms with Gasteiger partial charge in [0, 0.05) is 63.1 Å². The number of rotatable bonds is 3. The molecule has 1 aromatic carbocycles. The molecule has 2 saturated heterocycles. The molecule has 2 fully saturated rings. The number of anilines is 1. The molecule has 24 heavy (non-hydrogen) atoms. The second-order valence-corrected chi connectivity index (χ2v) is 6.51. The van der Waals surface area contributed by atoms with Crippen molar-refractivity contribution in [2.45, 2.75) is 25.4 Å². The van der Waals surface area contributed by atoms with Crippen LogP contribution in [-0.4, -0.2) is 61.1 Å². The lowest BCUT2D eigenvalue weighted by Gasteiger charge is -2.40. The number of nitrogens with two attached hydrogens (primary N) is 1. The van der Waals surface area contributed by atoms with Gasteiger partial charge in [-0.3, -0.25) is 4.90 Å². The SMILES string of the molecule is Nc1ccc(CNC(=O)N2CCC(N3CCNCC3)CC2)c(F)c1. The third kappa shape index (κ3) is 4.15. The molecule has 0 saturated carbocycles. The van der Waals surface area contributed by atoms with Crippen molar-refractivity contribution >= 4 is 11.7 Å². The number of nitrogens with one attached hydrogen (secondary N) is 2. The highest BCUT2D eigenvalue weighted by atomic mass is 19.1. The van der Waals surface area contributed by atoms with Crippen LogP contribution in [0.5, 0.6) is 0 Å². The maximum absolute atomic E-state index is 13.7. The molecule has 3 rings (SSSR count). The van der Waals surface area contributed by atoms with Crippen LogP contribution in [0.25, 0.3) is 0 Å². The molecule has 2 heterocycles. The Morgan fingerprint density at radius 1 is 1.25 bits per heavy atom. The summed E-state index contributed by atoms with van der Waals surface area (Å²) < 4.78 is 13.7. The highest BCUT2D eigenvalue weighted by Crippen LogP contribution is 2.17. The molecule has 0 unspecified atom stereocenters. The first-order valence-electron chi connectivity index (χ1n) is 8.65. The summed E-state index contributed by atoms with van der Waals surface area (Å²) in [6.45, 7) is 5.97. The number of carbonyl (C=O) groups excluding carboxylic acids is 1. The lowest BCUT2D eigenvalue weighted by molar-refractivity contribution is 0.106. The van der Waals surface area contributed by atoms with Crippen LogP contribution in [0, 0.1) is 5.82 Å². The number of likely N-dealkylation sites (tertiary alicyclic amines) is 1. The van der Waals surface area contributed by atoms with Gasteiger partial charge in [-0.1, -0.05) is 6.07 Å². The van der Waals surface area contributed by atoms with E-state index in [0.717, 1.165) is 52.1 Å². The maximum atomic E-state index is 13.7. The third-order valence-electron chi connectivity index (χ3n) is 4.93. The minimum Gasteiger partial charge on any atom is -0.399 e. The third-order valence-corrected chi connectivity index (χ3v) is 4.93. The zero-order valence-electron chi connectivity index (χ0n) is 13.9. The smallest absolute Gasteiger partial charge is 0.317 e. The van der Waals surface area contributed by atoms with E-state index in [1.807, 2.05) is 4.90 Å². The van der Waals surface area contributed by atoms with Gasteiger partial charge in [-0.15, -0.1) is 0 Å². The predicted octanol–water partition coefficient (Wildman–Crippen LogP) is 0.987. The van der Waals surface area contributed by atoms with E-state index in [4.69, 9.17) is 5.73 Å². The Labute approximate surface area is 142 Å². The number of benzene rings is 1. The summed E-state index contributed by atoms with van der Waals surface area (Å²) in [5.41, 5.74) is 6.37. The van der Waals surface area contributed by atoms with Gasteiger partial charge in [0.2, 0.25) is 0 Å². The summed E-state index contributed by atoms with van der Waals surface area (Å²) in [7, 11) is 0. The lowest BCUT2D eigenvalue weighted by atomic mass is 10.0. The van der Waals surface area contributed by atoms with E-state index in [1.54, 1.807) is 12.1 Å². The van der Waals surface area contributed by atoms with Crippen LogP contribution >= 0.6 is 0 Å². The number of halogens is 1. The van der Waals surface area contributed by atoms with E-state index in [0.29, 0.717) is 17.3 Å². The van der Waals surface area contributed by atoms with Crippen LogP contribution in [0.1, 0.15) is 18.4 Å². The first kappa shape index (κ1) is 17.0. The van der Waals surface area contributed by atoms with Crippen LogP contribution in [0.3, 0.4) is 0 Å². The molecular weight excluding hydrogens is 309 g/mol. The van der Waals surface area contributed by atoms with E-state index in [1.165, 1.54) is 6.07 Å².